The summed E-state index contributed by atoms with van der Waals surface area (Å²) in [5.41, 5.74) is 7.70. The largest absolute Gasteiger partial charge is 0.508 e. The Morgan fingerprint density at radius 3 is 2.75 bits per heavy atom. The Hall–Kier alpha value is -2.34. The smallest absolute Gasteiger partial charge is 0.242 e. The fourth-order valence-electron chi connectivity index (χ4n) is 1.80. The Kier molecular flexibility index (Phi) is 4.37. The predicted octanol–water partition coefficient (Wildman–Crippen LogP) is 1.19. The van der Waals surface area contributed by atoms with Crippen molar-refractivity contribution < 1.29 is 9.90 Å². The van der Waals surface area contributed by atoms with E-state index >= 15 is 0 Å². The van der Waals surface area contributed by atoms with Gasteiger partial charge in [-0.05, 0) is 30.5 Å². The number of aryl methyl sites for hydroxylation is 1. The fourth-order valence-corrected chi connectivity index (χ4v) is 1.80. The highest BCUT2D eigenvalue weighted by Crippen LogP contribution is 2.12. The molecule has 0 fully saturated rings. The summed E-state index contributed by atoms with van der Waals surface area (Å²) in [6.07, 6.45) is 1.22. The first-order valence-corrected chi connectivity index (χ1v) is 6.47. The minimum Gasteiger partial charge on any atom is -0.508 e. The van der Waals surface area contributed by atoms with Crippen LogP contribution in [0.5, 0.6) is 5.75 Å². The second-order valence-corrected chi connectivity index (χ2v) is 4.60. The molecule has 0 unspecified atom stereocenters. The number of benzene rings is 1. The third-order valence-electron chi connectivity index (χ3n) is 2.99. The zero-order valence-electron chi connectivity index (χ0n) is 11.3. The number of H-pyrrole nitrogens is 1. The molecule has 1 amide bonds. The highest BCUT2D eigenvalue weighted by molar-refractivity contribution is 5.94. The minimum absolute atomic E-state index is 0.190. The van der Waals surface area contributed by atoms with Crippen molar-refractivity contribution in [2.75, 3.05) is 5.32 Å². The van der Waals surface area contributed by atoms with Crippen molar-refractivity contribution in [3.05, 3.63) is 41.6 Å². The molecule has 1 heterocycles. The van der Waals surface area contributed by atoms with E-state index in [2.05, 4.69) is 15.5 Å². The zero-order valence-corrected chi connectivity index (χ0v) is 11.3. The van der Waals surface area contributed by atoms with Crippen molar-refractivity contribution in [1.29, 1.82) is 0 Å². The number of carbonyl (C=O) groups is 1. The van der Waals surface area contributed by atoms with Crippen molar-refractivity contribution in [1.82, 2.24) is 10.2 Å². The van der Waals surface area contributed by atoms with E-state index in [1.807, 2.05) is 6.92 Å². The van der Waals surface area contributed by atoms with Gasteiger partial charge in [0.2, 0.25) is 5.91 Å². The quantitative estimate of drug-likeness (QED) is 0.657. The van der Waals surface area contributed by atoms with Crippen LogP contribution in [0.1, 0.15) is 18.2 Å². The van der Waals surface area contributed by atoms with Gasteiger partial charge in [0.05, 0.1) is 6.04 Å². The molecule has 2 aromatic rings. The molecule has 0 aliphatic carbocycles. The lowest BCUT2D eigenvalue weighted by Gasteiger charge is -2.10. The van der Waals surface area contributed by atoms with Gasteiger partial charge in [-0.3, -0.25) is 9.89 Å². The van der Waals surface area contributed by atoms with E-state index in [0.717, 1.165) is 17.7 Å². The van der Waals surface area contributed by atoms with Gasteiger partial charge in [-0.1, -0.05) is 19.1 Å². The number of rotatable bonds is 5. The number of phenols is 1. The molecule has 0 saturated carbocycles. The summed E-state index contributed by atoms with van der Waals surface area (Å²) < 4.78 is 0. The normalized spacial score (nSPS) is 12.1. The third-order valence-corrected chi connectivity index (χ3v) is 2.99. The zero-order chi connectivity index (χ0) is 14.5. The Labute approximate surface area is 117 Å². The lowest BCUT2D eigenvalue weighted by Crippen LogP contribution is -2.37. The number of hydrogen-bond donors (Lipinski definition) is 4. The van der Waals surface area contributed by atoms with Crippen LogP contribution in [0, 0.1) is 0 Å². The SMILES string of the molecule is CCc1cc(NC(=O)[C@H](N)Cc2ccc(O)cc2)n[nH]1. The number of aromatic nitrogens is 2. The second kappa shape index (κ2) is 6.21. The first-order chi connectivity index (χ1) is 9.58. The molecule has 1 aromatic carbocycles. The van der Waals surface area contributed by atoms with E-state index in [1.165, 1.54) is 0 Å². The predicted molar refractivity (Wildman–Crippen MR) is 76.4 cm³/mol. The highest BCUT2D eigenvalue weighted by Gasteiger charge is 2.15. The number of carbonyl (C=O) groups excluding carboxylic acids is 1. The summed E-state index contributed by atoms with van der Waals surface area (Å²) in [5, 5.41) is 18.7. The number of aromatic hydroxyl groups is 1. The molecule has 1 atom stereocenters. The number of nitrogens with one attached hydrogen (secondary N) is 2. The number of phenolic OH excluding ortho intramolecular Hbond substituents is 1. The summed E-state index contributed by atoms with van der Waals surface area (Å²) in [4.78, 5) is 11.9. The van der Waals surface area contributed by atoms with Gasteiger partial charge in [-0.25, -0.2) is 0 Å². The monoisotopic (exact) mass is 274 g/mol. The van der Waals surface area contributed by atoms with Crippen LogP contribution in [-0.4, -0.2) is 27.3 Å². The van der Waals surface area contributed by atoms with E-state index in [1.54, 1.807) is 30.3 Å². The van der Waals surface area contributed by atoms with Gasteiger partial charge in [-0.15, -0.1) is 0 Å². The third kappa shape index (κ3) is 3.58. The van der Waals surface area contributed by atoms with Gasteiger partial charge in [-0.2, -0.15) is 5.10 Å². The summed E-state index contributed by atoms with van der Waals surface area (Å²) in [5.74, 6) is 0.385. The van der Waals surface area contributed by atoms with Crippen LogP contribution >= 0.6 is 0 Å². The van der Waals surface area contributed by atoms with Crippen LogP contribution in [0.4, 0.5) is 5.82 Å². The second-order valence-electron chi connectivity index (χ2n) is 4.60. The van der Waals surface area contributed by atoms with Crippen LogP contribution in [0.2, 0.25) is 0 Å². The topological polar surface area (TPSA) is 104 Å². The molecule has 0 radical (unpaired) electrons. The summed E-state index contributed by atoms with van der Waals surface area (Å²) in [6.45, 7) is 2.00. The van der Waals surface area contributed by atoms with E-state index in [9.17, 15) is 9.90 Å². The Morgan fingerprint density at radius 2 is 2.15 bits per heavy atom. The average Bonchev–Trinajstić information content (AvgIpc) is 2.89. The van der Waals surface area contributed by atoms with Crippen molar-refractivity contribution in [3.63, 3.8) is 0 Å². The molecule has 106 valence electrons. The van der Waals surface area contributed by atoms with Crippen LogP contribution < -0.4 is 11.1 Å². The molecule has 1 aromatic heterocycles. The Morgan fingerprint density at radius 1 is 1.45 bits per heavy atom. The maximum absolute atomic E-state index is 11.9. The molecule has 0 aliphatic rings. The van der Waals surface area contributed by atoms with Gasteiger partial charge in [0.1, 0.15) is 5.75 Å². The Balaban J connectivity index is 1.93. The first kappa shape index (κ1) is 14.1. The number of nitrogens with two attached hydrogens (primary N) is 1. The van der Waals surface area contributed by atoms with Crippen LogP contribution in [-0.2, 0) is 17.6 Å². The van der Waals surface area contributed by atoms with Crippen LogP contribution in [0.25, 0.3) is 0 Å². The van der Waals surface area contributed by atoms with Crippen LogP contribution in [0.3, 0.4) is 0 Å². The lowest BCUT2D eigenvalue weighted by atomic mass is 10.1. The van der Waals surface area contributed by atoms with Gasteiger partial charge in [0.15, 0.2) is 5.82 Å². The molecular weight excluding hydrogens is 256 g/mol. The summed E-state index contributed by atoms with van der Waals surface area (Å²) in [6, 6.07) is 7.74. The van der Waals surface area contributed by atoms with E-state index < -0.39 is 6.04 Å². The number of nitrogens with zero attached hydrogens (tertiary/aromatic N) is 1. The molecule has 5 N–H and O–H groups in total. The maximum Gasteiger partial charge on any atom is 0.242 e. The molecule has 0 bridgehead atoms. The molecule has 0 saturated heterocycles. The van der Waals surface area contributed by atoms with Crippen molar-refractivity contribution in [2.24, 2.45) is 5.73 Å². The van der Waals surface area contributed by atoms with Crippen molar-refractivity contribution >= 4 is 11.7 Å². The average molecular weight is 274 g/mol. The standard InChI is InChI=1S/C14H18N4O2/c1-2-10-8-13(18-17-10)16-14(20)12(15)7-9-3-5-11(19)6-4-9/h3-6,8,12,19H,2,7,15H2,1H3,(H2,16,17,18,20)/t12-/m1/s1. The molecule has 2 rings (SSSR count). The number of amides is 1. The number of anilines is 1. The van der Waals surface area contributed by atoms with E-state index in [0.29, 0.717) is 12.2 Å². The van der Waals surface area contributed by atoms with Crippen LogP contribution in [0.15, 0.2) is 30.3 Å². The molecule has 6 heteroatoms. The first-order valence-electron chi connectivity index (χ1n) is 6.47. The van der Waals surface area contributed by atoms with Gasteiger partial charge >= 0.3 is 0 Å². The van der Waals surface area contributed by atoms with Crippen molar-refractivity contribution in [2.45, 2.75) is 25.8 Å². The fraction of sp³-hybridized carbons (Fsp3) is 0.286. The van der Waals surface area contributed by atoms with Gasteiger partial charge < -0.3 is 16.2 Å². The summed E-state index contributed by atoms with van der Waals surface area (Å²) in [7, 11) is 0. The molecule has 0 spiro atoms. The summed E-state index contributed by atoms with van der Waals surface area (Å²) >= 11 is 0. The molecule has 6 nitrogen and oxygen atoms in total. The molecule has 0 aliphatic heterocycles. The Bertz CT molecular complexity index is 577. The van der Waals surface area contributed by atoms with Gasteiger partial charge in [0, 0.05) is 11.8 Å². The van der Waals surface area contributed by atoms with E-state index in [4.69, 9.17) is 5.73 Å². The highest BCUT2D eigenvalue weighted by atomic mass is 16.3. The van der Waals surface area contributed by atoms with Gasteiger partial charge in [0.25, 0.3) is 0 Å². The number of hydrogen-bond acceptors (Lipinski definition) is 4. The number of aromatic amines is 1. The minimum atomic E-state index is -0.665. The lowest BCUT2D eigenvalue weighted by molar-refractivity contribution is -0.117. The molecule has 20 heavy (non-hydrogen) atoms. The van der Waals surface area contributed by atoms with Crippen molar-refractivity contribution in [3.8, 4) is 5.75 Å². The molecular formula is C14H18N4O2. The maximum atomic E-state index is 11.9. The van der Waals surface area contributed by atoms with E-state index in [-0.39, 0.29) is 11.7 Å².